The van der Waals surface area contributed by atoms with Gasteiger partial charge in [-0.1, -0.05) is 19.1 Å². The quantitative estimate of drug-likeness (QED) is 0.229. The Hall–Kier alpha value is -5.02. The zero-order valence-electron chi connectivity index (χ0n) is 25.1. The van der Waals surface area contributed by atoms with Crippen molar-refractivity contribution < 1.29 is 33.1 Å². The lowest BCUT2D eigenvalue weighted by Crippen LogP contribution is -2.52. The topological polar surface area (TPSA) is 134 Å². The van der Waals surface area contributed by atoms with Crippen LogP contribution in [0.25, 0.3) is 0 Å². The molecule has 2 aliphatic heterocycles. The number of carbonyl (C=O) groups excluding carboxylic acids is 3. The first-order chi connectivity index (χ1) is 21.8. The summed E-state index contributed by atoms with van der Waals surface area (Å²) < 4.78 is 25.6. The Balaban J connectivity index is 1.22. The predicted octanol–water partition coefficient (Wildman–Crippen LogP) is 4.51. The van der Waals surface area contributed by atoms with E-state index in [1.54, 1.807) is 35.2 Å². The van der Waals surface area contributed by atoms with Crippen LogP contribution in [0, 0.1) is 17.1 Å². The molecule has 0 aliphatic carbocycles. The highest BCUT2D eigenvalue weighted by Gasteiger charge is 2.39. The van der Waals surface area contributed by atoms with Gasteiger partial charge in [-0.3, -0.25) is 19.2 Å². The summed E-state index contributed by atoms with van der Waals surface area (Å²) in [5.74, 6) is 0.111. The third kappa shape index (κ3) is 7.05. The lowest BCUT2D eigenvalue weighted by molar-refractivity contribution is -0.135. The molecule has 3 heterocycles. The number of nitrogens with zero attached hydrogens (tertiary/aromatic N) is 4. The fourth-order valence-electron chi connectivity index (χ4n) is 5.24. The number of pyridine rings is 1. The monoisotopic (exact) mass is 615 g/mol. The normalized spacial score (nSPS) is 16.4. The number of carbonyl (C=O) groups is 3. The molecule has 1 unspecified atom stereocenters. The van der Waals surface area contributed by atoms with Crippen molar-refractivity contribution in [2.24, 2.45) is 0 Å². The number of aldehydes is 2. The van der Waals surface area contributed by atoms with E-state index < -0.39 is 17.6 Å². The Morgan fingerprint density at radius 2 is 1.93 bits per heavy atom. The number of likely N-dealkylation sites (tertiary alicyclic amines) is 1. The van der Waals surface area contributed by atoms with Crippen molar-refractivity contribution >= 4 is 29.9 Å². The molecule has 11 nitrogen and oxygen atoms in total. The van der Waals surface area contributed by atoms with Gasteiger partial charge in [-0.15, -0.1) is 0 Å². The number of piperidine rings is 1. The Labute approximate surface area is 260 Å². The Bertz CT molecular complexity index is 1590. The van der Waals surface area contributed by atoms with Crippen LogP contribution in [0.5, 0.6) is 11.6 Å². The van der Waals surface area contributed by atoms with Crippen molar-refractivity contribution in [2.75, 3.05) is 30.1 Å². The highest BCUT2D eigenvalue weighted by Crippen LogP contribution is 2.39. The second-order valence-electron chi connectivity index (χ2n) is 11.1. The first-order valence-electron chi connectivity index (χ1n) is 14.8. The summed E-state index contributed by atoms with van der Waals surface area (Å²) in [4.78, 5) is 48.9. The molecule has 45 heavy (non-hydrogen) atoms. The molecule has 0 saturated carbocycles. The Kier molecular flexibility index (Phi) is 9.59. The average Bonchev–Trinajstić information content (AvgIpc) is 3.44. The first-order valence-corrected chi connectivity index (χ1v) is 14.8. The maximum absolute atomic E-state index is 14.3. The predicted molar refractivity (Wildman–Crippen MR) is 162 cm³/mol. The first kappa shape index (κ1) is 31.4. The van der Waals surface area contributed by atoms with E-state index in [9.17, 15) is 18.8 Å². The van der Waals surface area contributed by atoms with Gasteiger partial charge < -0.3 is 19.7 Å². The number of benzene rings is 2. The Morgan fingerprint density at radius 1 is 1.16 bits per heavy atom. The number of hydrogen-bond acceptors (Lipinski definition) is 10. The lowest BCUT2D eigenvalue weighted by Gasteiger charge is -2.35. The van der Waals surface area contributed by atoms with Crippen LogP contribution in [0.3, 0.4) is 0 Å². The number of nitriles is 1. The minimum absolute atomic E-state index is 0.0184. The van der Waals surface area contributed by atoms with E-state index in [1.165, 1.54) is 24.1 Å². The molecule has 1 saturated heterocycles. The van der Waals surface area contributed by atoms with Gasteiger partial charge in [-0.25, -0.2) is 14.4 Å². The van der Waals surface area contributed by atoms with Crippen molar-refractivity contribution in [1.29, 1.82) is 5.26 Å². The van der Waals surface area contributed by atoms with Crippen molar-refractivity contribution in [2.45, 2.75) is 57.4 Å². The number of anilines is 2. The molecule has 3 aromatic rings. The van der Waals surface area contributed by atoms with Gasteiger partial charge in [0.15, 0.2) is 12.6 Å². The summed E-state index contributed by atoms with van der Waals surface area (Å²) in [5.41, 5.74) is 1.01. The molecule has 1 N–H and O–H groups in total. The van der Waals surface area contributed by atoms with E-state index >= 15 is 0 Å². The molecule has 1 amide bonds. The minimum Gasteiger partial charge on any atom is -0.473 e. The van der Waals surface area contributed by atoms with Gasteiger partial charge in [0.25, 0.3) is 5.91 Å². The van der Waals surface area contributed by atoms with Gasteiger partial charge in [0.1, 0.15) is 18.2 Å². The molecule has 1 atom stereocenters. The third-order valence-corrected chi connectivity index (χ3v) is 7.74. The summed E-state index contributed by atoms with van der Waals surface area (Å²) >= 11 is 0. The molecule has 234 valence electrons. The highest BCUT2D eigenvalue weighted by atomic mass is 19.1. The van der Waals surface area contributed by atoms with Gasteiger partial charge in [0, 0.05) is 42.4 Å². The molecular weight excluding hydrogens is 581 g/mol. The van der Waals surface area contributed by atoms with Crippen LogP contribution in [0.4, 0.5) is 15.8 Å². The average molecular weight is 616 g/mol. The smallest absolute Gasteiger partial charge is 0.268 e. The maximum atomic E-state index is 14.3. The zero-order valence-corrected chi connectivity index (χ0v) is 25.1. The second-order valence-corrected chi connectivity index (χ2v) is 11.1. The van der Waals surface area contributed by atoms with Crippen molar-refractivity contribution in [3.05, 3.63) is 77.2 Å². The summed E-state index contributed by atoms with van der Waals surface area (Å²) in [7, 11) is 0. The SMILES string of the molecule is CCCON1c2cc(OC(C)(C=O)C=O)ccc2NC1C(=O)N1CCC(c2cccc(OCc3ccc(C#N)cc3F)n2)CC1. The van der Waals surface area contributed by atoms with Gasteiger partial charge >= 0.3 is 0 Å². The summed E-state index contributed by atoms with van der Waals surface area (Å²) in [6, 6.07) is 16.6. The number of rotatable bonds is 12. The molecule has 0 radical (unpaired) electrons. The summed E-state index contributed by atoms with van der Waals surface area (Å²) in [5, 5.41) is 13.7. The molecule has 2 aliphatic rings. The largest absolute Gasteiger partial charge is 0.473 e. The van der Waals surface area contributed by atoms with E-state index in [0.29, 0.717) is 67.9 Å². The van der Waals surface area contributed by atoms with Gasteiger partial charge in [0.2, 0.25) is 17.6 Å². The van der Waals surface area contributed by atoms with Gasteiger partial charge in [-0.2, -0.15) is 5.26 Å². The second kappa shape index (κ2) is 13.7. The Morgan fingerprint density at radius 3 is 2.62 bits per heavy atom. The van der Waals surface area contributed by atoms with Crippen LogP contribution >= 0.6 is 0 Å². The number of aromatic nitrogens is 1. The van der Waals surface area contributed by atoms with E-state index in [1.807, 2.05) is 25.1 Å². The highest BCUT2D eigenvalue weighted by molar-refractivity contribution is 5.93. The molecule has 1 aromatic heterocycles. The zero-order chi connectivity index (χ0) is 32.0. The molecule has 2 aromatic carbocycles. The molecule has 1 fully saturated rings. The van der Waals surface area contributed by atoms with E-state index in [-0.39, 0.29) is 29.7 Å². The number of halogens is 1. The fraction of sp³-hybridized carbons (Fsp3) is 0.364. The molecule has 12 heteroatoms. The van der Waals surface area contributed by atoms with Crippen LogP contribution < -0.4 is 19.9 Å². The van der Waals surface area contributed by atoms with Gasteiger partial charge in [-0.05, 0) is 56.5 Å². The number of amides is 1. The van der Waals surface area contributed by atoms with Crippen LogP contribution in [0.15, 0.2) is 54.6 Å². The van der Waals surface area contributed by atoms with Crippen LogP contribution in [0.2, 0.25) is 0 Å². The van der Waals surface area contributed by atoms with Crippen LogP contribution in [0.1, 0.15) is 55.8 Å². The van der Waals surface area contributed by atoms with Crippen LogP contribution in [-0.4, -0.2) is 59.8 Å². The standard InChI is InChI=1S/C33H34FN5O6/c1-3-15-44-39-29-17-25(45-33(2,20-40)21-41)9-10-28(29)37-31(39)32(42)38-13-11-23(12-14-38)27-5-4-6-30(36-27)43-19-24-8-7-22(18-35)16-26(24)34/h4-10,16-17,20-21,23,31,37H,3,11-15,19H2,1-2H3. The number of hydroxylamine groups is 1. The van der Waals surface area contributed by atoms with Crippen molar-refractivity contribution in [3.8, 4) is 17.7 Å². The van der Waals surface area contributed by atoms with Gasteiger partial charge in [0.05, 0.1) is 29.6 Å². The molecular formula is C33H34FN5O6. The fourth-order valence-corrected chi connectivity index (χ4v) is 5.24. The summed E-state index contributed by atoms with van der Waals surface area (Å²) in [6.45, 7) is 4.71. The lowest BCUT2D eigenvalue weighted by atomic mass is 9.93. The number of fused-ring (bicyclic) bond motifs is 1. The molecule has 5 rings (SSSR count). The van der Waals surface area contributed by atoms with E-state index in [4.69, 9.17) is 19.6 Å². The number of nitrogens with one attached hydrogen (secondary N) is 1. The number of hydrogen-bond donors (Lipinski definition) is 1. The maximum Gasteiger partial charge on any atom is 0.268 e. The van der Waals surface area contributed by atoms with E-state index in [0.717, 1.165) is 12.1 Å². The summed E-state index contributed by atoms with van der Waals surface area (Å²) in [6.07, 6.45) is 2.17. The molecule has 0 spiro atoms. The molecule has 0 bridgehead atoms. The van der Waals surface area contributed by atoms with E-state index in [2.05, 4.69) is 10.3 Å². The minimum atomic E-state index is -1.63. The number of ether oxygens (including phenoxy) is 2. The van der Waals surface area contributed by atoms with Crippen molar-refractivity contribution in [1.82, 2.24) is 9.88 Å². The van der Waals surface area contributed by atoms with Crippen LogP contribution in [-0.2, 0) is 25.8 Å². The van der Waals surface area contributed by atoms with Crippen molar-refractivity contribution in [3.63, 3.8) is 0 Å². The third-order valence-electron chi connectivity index (χ3n) is 7.74.